The van der Waals surface area contributed by atoms with E-state index in [0.717, 1.165) is 18.7 Å². The van der Waals surface area contributed by atoms with Gasteiger partial charge in [0.25, 0.3) is 0 Å². The summed E-state index contributed by atoms with van der Waals surface area (Å²) < 4.78 is 0. The van der Waals surface area contributed by atoms with Crippen LogP contribution in [0.3, 0.4) is 0 Å². The van der Waals surface area contributed by atoms with E-state index in [1.165, 1.54) is 48.5 Å². The number of aliphatic hydroxyl groups excluding tert-OH is 3. The molecule has 51 heteroatoms. The summed E-state index contributed by atoms with van der Waals surface area (Å²) in [6.07, 6.45) is -10.2. The van der Waals surface area contributed by atoms with Crippen LogP contribution in [0.15, 0.2) is 48.5 Å². The number of carbonyl (C=O) groups is 18. The summed E-state index contributed by atoms with van der Waals surface area (Å²) in [6, 6.07) is -15.7. The molecule has 0 radical (unpaired) electrons. The number of carboxylic acid groups (broad SMARTS) is 2. The summed E-state index contributed by atoms with van der Waals surface area (Å²) in [6.45, 7) is 6.90. The van der Waals surface area contributed by atoms with Gasteiger partial charge in [0.2, 0.25) is 94.5 Å². The third-order valence-corrected chi connectivity index (χ3v) is 21.5. The summed E-state index contributed by atoms with van der Waals surface area (Å²) in [5, 5.41) is 116. The number of likely N-dealkylation sites (tertiary alicyclic amines) is 1. The molecular formula is C82H136N26O25. The summed E-state index contributed by atoms with van der Waals surface area (Å²) in [5.41, 5.74) is 53.1. The minimum atomic E-state index is -2.07. The fourth-order valence-corrected chi connectivity index (χ4v) is 13.7. The van der Waals surface area contributed by atoms with Crippen LogP contribution < -0.4 is 131 Å². The van der Waals surface area contributed by atoms with E-state index in [-0.39, 0.29) is 133 Å². The van der Waals surface area contributed by atoms with Gasteiger partial charge in [0.15, 0.2) is 5.96 Å². The van der Waals surface area contributed by atoms with Gasteiger partial charge in [-0.2, -0.15) is 0 Å². The first-order valence-corrected chi connectivity index (χ1v) is 43.6. The second kappa shape index (κ2) is 58.3. The third-order valence-electron chi connectivity index (χ3n) is 21.5. The van der Waals surface area contributed by atoms with E-state index in [9.17, 15) is 122 Å². The highest BCUT2D eigenvalue weighted by atomic mass is 16.4. The molecule has 2 aromatic carbocycles. The molecule has 1 heterocycles. The predicted octanol–water partition coefficient (Wildman–Crippen LogP) is -12.0. The van der Waals surface area contributed by atoms with Crippen molar-refractivity contribution in [3.63, 3.8) is 0 Å². The van der Waals surface area contributed by atoms with Crippen LogP contribution in [0.2, 0.25) is 0 Å². The van der Waals surface area contributed by atoms with Crippen molar-refractivity contribution in [2.24, 2.45) is 63.4 Å². The maximum Gasteiger partial charge on any atom is 0.326 e. The first kappa shape index (κ1) is 115. The quantitative estimate of drug-likeness (QED) is 0.0166. The first-order chi connectivity index (χ1) is 62.7. The number of carbonyl (C=O) groups excluding carboxylic acids is 16. The number of β-amino-alcohol motifs (C(OH)–C–C–N with tert-alkyl or cyclic N) is 1. The van der Waals surface area contributed by atoms with Crippen molar-refractivity contribution in [3.05, 3.63) is 59.7 Å². The van der Waals surface area contributed by atoms with Crippen LogP contribution in [0.5, 0.6) is 11.5 Å². The number of phenolic OH excluding ortho intramolecular Hbond substituents is 2. The lowest BCUT2D eigenvalue weighted by Gasteiger charge is -2.31. The smallest absolute Gasteiger partial charge is 0.326 e. The van der Waals surface area contributed by atoms with Gasteiger partial charge in [0.1, 0.15) is 102 Å². The Morgan fingerprint density at radius 3 is 1.09 bits per heavy atom. The van der Waals surface area contributed by atoms with E-state index < -0.39 is 272 Å². The van der Waals surface area contributed by atoms with Gasteiger partial charge in [0, 0.05) is 38.8 Å². The molecule has 0 unspecified atom stereocenters. The number of nitrogens with zero attached hydrogens (tertiary/aromatic N) is 1. The van der Waals surface area contributed by atoms with Gasteiger partial charge in [-0.3, -0.25) is 86.9 Å². The number of hydrogen-bond donors (Lipinski definition) is 32. The van der Waals surface area contributed by atoms with Crippen LogP contribution in [-0.4, -0.2) is 320 Å². The standard InChI is InChI=1S/C82H136N26O25/c1-7-40(4)63(105-76(127)59-36-47(113)38-108(59)80(131)62(90)39(2)3)77(128)100-54(25-31-87)72(123)102-56(34-43-12-16-45(111)17-13-43)75(126)107-65(42(6)110)79(130)103-57(37-60(89)114)74(125)95-49(11-9-33-93-82(91)92)67(118)99-55(26-32-88)73(124)106-64(41(5)109)78(129)101-53(24-30-86)71(122)94-48(10-8-27-83)66(117)97-52(23-29-85)70(121)98-51(22-28-84)69(120)96-50(20-21-61(115)116)68(119)104-58(81(132)133)35-44-14-18-46(112)19-15-44/h12-19,39-42,47-59,62-65,109-113H,7-11,20-38,83-88,90H2,1-6H3,(H2,89,114)(H,94,122)(H,95,125)(H,96,120)(H,97,117)(H,98,121)(H,99,118)(H,100,128)(H,101,129)(H,102,123)(H,103,130)(H,104,119)(H,105,127)(H,106,124)(H,107,126)(H,115,116)(H,132,133)(H4,91,92,93)/t40-,41+,42+,47+,48-,49-,50-,51-,52-,53+,54-,55-,56-,57-,58-,59-,62-,63-,64-,65-/m0/s1. The number of phenols is 2. The van der Waals surface area contributed by atoms with Crippen LogP contribution in [0.25, 0.3) is 0 Å². The Morgan fingerprint density at radius 2 is 0.744 bits per heavy atom. The Bertz CT molecular complexity index is 4250. The van der Waals surface area contributed by atoms with E-state index in [1.807, 2.05) is 0 Å². The zero-order chi connectivity index (χ0) is 100. The number of carboxylic acids is 2. The lowest BCUT2D eigenvalue weighted by molar-refractivity contribution is -0.143. The van der Waals surface area contributed by atoms with Crippen LogP contribution in [-0.2, 0) is 99.1 Å². The Labute approximate surface area is 767 Å². The van der Waals surface area contributed by atoms with E-state index in [2.05, 4.69) is 79.8 Å². The summed E-state index contributed by atoms with van der Waals surface area (Å²) in [4.78, 5) is 251. The van der Waals surface area contributed by atoms with Crippen LogP contribution >= 0.6 is 0 Å². The number of benzene rings is 2. The Balaban J connectivity index is 1.91. The van der Waals surface area contributed by atoms with E-state index in [1.54, 1.807) is 27.7 Å². The van der Waals surface area contributed by atoms with E-state index in [0.29, 0.717) is 12.0 Å². The fourth-order valence-electron chi connectivity index (χ4n) is 13.7. The number of aliphatic hydroxyl groups is 3. The van der Waals surface area contributed by atoms with E-state index in [4.69, 9.17) is 57.0 Å². The van der Waals surface area contributed by atoms with Crippen LogP contribution in [0.4, 0.5) is 0 Å². The average molecular weight is 1890 g/mol. The van der Waals surface area contributed by atoms with Gasteiger partial charge in [-0.1, -0.05) is 58.4 Å². The van der Waals surface area contributed by atoms with Crippen molar-refractivity contribution in [2.45, 2.75) is 259 Å². The monoisotopic (exact) mass is 1890 g/mol. The van der Waals surface area contributed by atoms with Crippen molar-refractivity contribution < 1.29 is 122 Å². The number of aliphatic carboxylic acids is 2. The number of primary amides is 1. The zero-order valence-electron chi connectivity index (χ0n) is 75.3. The van der Waals surface area contributed by atoms with Crippen molar-refractivity contribution >= 4 is 112 Å². The molecule has 51 nitrogen and oxygen atoms in total. The maximum atomic E-state index is 14.6. The maximum absolute atomic E-state index is 14.6. The molecule has 0 aliphatic carbocycles. The van der Waals surface area contributed by atoms with Gasteiger partial charge in [-0.05, 0) is 165 Å². The molecule has 3 rings (SSSR count). The molecule has 0 bridgehead atoms. The van der Waals surface area contributed by atoms with Gasteiger partial charge in [0.05, 0.1) is 30.8 Å². The number of nitrogens with one attached hydrogen (secondary N) is 16. The highest BCUT2D eigenvalue weighted by molar-refractivity contribution is 6.02. The number of guanidine groups is 1. The third kappa shape index (κ3) is 39.4. The van der Waals surface area contributed by atoms with Gasteiger partial charge < -0.3 is 172 Å². The number of nitrogens with two attached hydrogens (primary N) is 9. The molecule has 744 valence electrons. The van der Waals surface area contributed by atoms with Crippen LogP contribution in [0.1, 0.15) is 143 Å². The zero-order valence-corrected chi connectivity index (χ0v) is 75.3. The molecule has 20 atom stereocenters. The molecule has 0 saturated carbocycles. The Kier molecular flexibility index (Phi) is 50.2. The molecule has 0 spiro atoms. The van der Waals surface area contributed by atoms with E-state index >= 15 is 0 Å². The molecule has 41 N–H and O–H groups in total. The topological polar surface area (TPSA) is 891 Å². The minimum Gasteiger partial charge on any atom is -0.508 e. The molecule has 1 aliphatic rings. The number of aromatic hydroxyl groups is 2. The van der Waals surface area contributed by atoms with Crippen molar-refractivity contribution in [3.8, 4) is 11.5 Å². The lowest BCUT2D eigenvalue weighted by atomic mass is 9.96. The fraction of sp³-hybridized carbons (Fsp3) is 0.622. The predicted molar refractivity (Wildman–Crippen MR) is 477 cm³/mol. The van der Waals surface area contributed by atoms with Gasteiger partial charge in [-0.15, -0.1) is 0 Å². The molecular weight excluding hydrogens is 1750 g/mol. The first-order valence-electron chi connectivity index (χ1n) is 43.6. The molecule has 0 aromatic heterocycles. The molecule has 1 saturated heterocycles. The number of amides is 16. The summed E-state index contributed by atoms with van der Waals surface area (Å²) >= 11 is 0. The number of hydrogen-bond acceptors (Lipinski definition) is 31. The summed E-state index contributed by atoms with van der Waals surface area (Å²) in [5.74, 6) is -22.3. The SMILES string of the molecule is CC[C@H](C)[C@H](NC(=O)[C@@H]1C[C@@H](O)CN1C(=O)[C@@H](N)C(C)C)C(=O)N[C@@H](CCN)C(=O)N[C@@H](Cc1ccc(O)cc1)C(=O)N[C@H](C(=O)N[C@@H](CC(N)=O)C(=O)N[C@@H](CCCNC(=N)N)C(=O)N[C@@H](CCN)C(=O)N[C@H](C(=O)N[C@H](CCN)C(=O)N[C@@H](CCCN)C(=O)N[C@@H](CCN)C(=O)N[C@@H](CCN)C(=O)N[C@@H](CCC(=O)O)C(=O)N[C@@H](Cc1ccc(O)cc1)C(=O)O)[C@@H](C)O)[C@@H](C)O. The highest BCUT2D eigenvalue weighted by Crippen LogP contribution is 2.23. The second-order valence-electron chi connectivity index (χ2n) is 32.6. The Hall–Kier alpha value is -12.6. The van der Waals surface area contributed by atoms with Crippen molar-refractivity contribution in [2.75, 3.05) is 52.4 Å². The second-order valence-corrected chi connectivity index (χ2v) is 32.6. The summed E-state index contributed by atoms with van der Waals surface area (Å²) in [7, 11) is 0. The number of rotatable bonds is 61. The normalized spacial score (nSPS) is 17.0. The minimum absolute atomic E-state index is 0.0403. The van der Waals surface area contributed by atoms with Crippen molar-refractivity contribution in [1.29, 1.82) is 5.41 Å². The molecule has 2 aromatic rings. The van der Waals surface area contributed by atoms with Gasteiger partial charge >= 0.3 is 11.9 Å². The Morgan fingerprint density at radius 1 is 0.421 bits per heavy atom. The highest BCUT2D eigenvalue weighted by Gasteiger charge is 2.45. The molecule has 1 aliphatic heterocycles. The average Bonchev–Trinajstić information content (AvgIpc) is 1.67. The van der Waals surface area contributed by atoms with Crippen LogP contribution in [0, 0.1) is 17.2 Å². The van der Waals surface area contributed by atoms with Crippen molar-refractivity contribution in [1.82, 2.24) is 84.7 Å². The largest absolute Gasteiger partial charge is 0.508 e. The molecule has 16 amide bonds. The van der Waals surface area contributed by atoms with Gasteiger partial charge in [-0.25, -0.2) is 4.79 Å². The lowest BCUT2D eigenvalue weighted by Crippen LogP contribution is -2.63. The molecule has 133 heavy (non-hydrogen) atoms. The molecule has 1 fully saturated rings.